The number of hydrogen-bond acceptors (Lipinski definition) is 4. The Morgan fingerprint density at radius 2 is 2.09 bits per heavy atom. The maximum atomic E-state index is 11.5. The molecule has 4 heteroatoms. The fourth-order valence-electron chi connectivity index (χ4n) is 3.76. The average molecular weight is 310 g/mol. The molecule has 0 aromatic carbocycles. The maximum Gasteiger partial charge on any atom is 0.330 e. The molecule has 2 aliphatic rings. The molecule has 0 saturated carbocycles. The highest BCUT2D eigenvalue weighted by atomic mass is 16.5. The molecule has 1 unspecified atom stereocenters. The van der Waals surface area contributed by atoms with Crippen LogP contribution in [-0.4, -0.2) is 35.5 Å². The highest BCUT2D eigenvalue weighted by molar-refractivity contribution is 5.82. The van der Waals surface area contributed by atoms with Gasteiger partial charge in [0.25, 0.3) is 0 Å². The number of carbonyl (C=O) groups is 1. The summed E-state index contributed by atoms with van der Waals surface area (Å²) in [5.41, 5.74) is 0. The summed E-state index contributed by atoms with van der Waals surface area (Å²) in [6.45, 7) is 8.46. The van der Waals surface area contributed by atoms with E-state index in [9.17, 15) is 9.90 Å². The van der Waals surface area contributed by atoms with Crippen LogP contribution in [0.25, 0.3) is 0 Å². The summed E-state index contributed by atoms with van der Waals surface area (Å²) < 4.78 is 11.5. The molecule has 0 spiro atoms. The summed E-state index contributed by atoms with van der Waals surface area (Å²) in [6.07, 6.45) is 6.56. The summed E-state index contributed by atoms with van der Waals surface area (Å²) in [6, 6.07) is 0. The molecule has 1 N–H and O–H groups in total. The molecule has 4 nitrogen and oxygen atoms in total. The van der Waals surface area contributed by atoms with E-state index in [4.69, 9.17) is 9.47 Å². The van der Waals surface area contributed by atoms with Crippen molar-refractivity contribution in [3.05, 3.63) is 12.2 Å². The van der Waals surface area contributed by atoms with Crippen LogP contribution in [0.5, 0.6) is 0 Å². The second-order valence-electron chi connectivity index (χ2n) is 6.91. The monoisotopic (exact) mass is 310 g/mol. The Kier molecular flexibility index (Phi) is 6.04. The van der Waals surface area contributed by atoms with Gasteiger partial charge in [-0.3, -0.25) is 0 Å². The first-order valence-electron chi connectivity index (χ1n) is 8.68. The zero-order chi connectivity index (χ0) is 16.3. The van der Waals surface area contributed by atoms with Crippen molar-refractivity contribution in [2.45, 2.75) is 77.8 Å². The van der Waals surface area contributed by atoms with Crippen LogP contribution in [0.1, 0.15) is 53.4 Å². The zero-order valence-electron chi connectivity index (χ0n) is 14.2. The molecule has 0 aromatic rings. The SMILES string of the molecule is CCC1C[C@H](C)[C@H]([C@@H](C)[C@H](O)C[C@H]2OC(=O)C=C[C@H]2CC)O1. The van der Waals surface area contributed by atoms with Gasteiger partial charge in [-0.05, 0) is 25.2 Å². The summed E-state index contributed by atoms with van der Waals surface area (Å²) in [5, 5.41) is 10.6. The van der Waals surface area contributed by atoms with E-state index in [0.717, 1.165) is 19.3 Å². The van der Waals surface area contributed by atoms with E-state index in [1.54, 1.807) is 0 Å². The van der Waals surface area contributed by atoms with Gasteiger partial charge in [-0.25, -0.2) is 4.79 Å². The molecule has 0 aliphatic carbocycles. The molecule has 0 bridgehead atoms. The molecule has 2 aliphatic heterocycles. The van der Waals surface area contributed by atoms with Crippen LogP contribution >= 0.6 is 0 Å². The Bertz CT molecular complexity index is 406. The quantitative estimate of drug-likeness (QED) is 0.766. The van der Waals surface area contributed by atoms with Crippen molar-refractivity contribution in [1.82, 2.24) is 0 Å². The summed E-state index contributed by atoms with van der Waals surface area (Å²) in [4.78, 5) is 11.5. The van der Waals surface area contributed by atoms with Crippen LogP contribution in [0.4, 0.5) is 0 Å². The number of ether oxygens (including phenoxy) is 2. The zero-order valence-corrected chi connectivity index (χ0v) is 14.2. The lowest BCUT2D eigenvalue weighted by Gasteiger charge is -2.32. The predicted molar refractivity (Wildman–Crippen MR) is 85.3 cm³/mol. The van der Waals surface area contributed by atoms with Gasteiger partial charge in [-0.2, -0.15) is 0 Å². The van der Waals surface area contributed by atoms with Gasteiger partial charge in [0.05, 0.1) is 18.3 Å². The van der Waals surface area contributed by atoms with Gasteiger partial charge in [-0.1, -0.05) is 33.8 Å². The van der Waals surface area contributed by atoms with Gasteiger partial charge in [0.1, 0.15) is 6.10 Å². The van der Waals surface area contributed by atoms with Crippen molar-refractivity contribution in [1.29, 1.82) is 0 Å². The normalized spacial score (nSPS) is 37.9. The lowest BCUT2D eigenvalue weighted by Crippen LogP contribution is -2.38. The van der Waals surface area contributed by atoms with Crippen molar-refractivity contribution >= 4 is 5.97 Å². The molecule has 0 aromatic heterocycles. The third-order valence-corrected chi connectivity index (χ3v) is 5.30. The lowest BCUT2D eigenvalue weighted by molar-refractivity contribution is -0.149. The van der Waals surface area contributed by atoms with E-state index in [2.05, 4.69) is 20.8 Å². The summed E-state index contributed by atoms with van der Waals surface area (Å²) >= 11 is 0. The molecule has 2 rings (SSSR count). The van der Waals surface area contributed by atoms with Crippen molar-refractivity contribution in [2.24, 2.45) is 17.8 Å². The van der Waals surface area contributed by atoms with Gasteiger partial charge in [-0.15, -0.1) is 0 Å². The third kappa shape index (κ3) is 3.90. The van der Waals surface area contributed by atoms with Gasteiger partial charge in [0.15, 0.2) is 0 Å². The molecule has 1 fully saturated rings. The number of cyclic esters (lactones) is 1. The molecule has 0 amide bonds. The van der Waals surface area contributed by atoms with E-state index in [-0.39, 0.29) is 30.0 Å². The van der Waals surface area contributed by atoms with Gasteiger partial charge in [0.2, 0.25) is 0 Å². The van der Waals surface area contributed by atoms with Crippen LogP contribution in [0.15, 0.2) is 12.2 Å². The van der Waals surface area contributed by atoms with Crippen LogP contribution < -0.4 is 0 Å². The van der Waals surface area contributed by atoms with Crippen molar-refractivity contribution in [3.63, 3.8) is 0 Å². The Morgan fingerprint density at radius 3 is 2.68 bits per heavy atom. The van der Waals surface area contributed by atoms with E-state index >= 15 is 0 Å². The fraction of sp³-hybridized carbons (Fsp3) is 0.833. The first-order valence-corrected chi connectivity index (χ1v) is 8.68. The van der Waals surface area contributed by atoms with Crippen molar-refractivity contribution in [2.75, 3.05) is 0 Å². The minimum absolute atomic E-state index is 0.0497. The minimum Gasteiger partial charge on any atom is -0.458 e. The molecule has 0 radical (unpaired) electrons. The molecule has 126 valence electrons. The standard InChI is InChI=1S/C18H30O4/c1-5-13-7-8-17(20)22-16(13)10-15(19)12(4)18-11(3)9-14(6-2)21-18/h7-8,11-16,18-19H,5-6,9-10H2,1-4H3/t11-,12-,13+,14?,15+,16+,18+/m0/s1. The Morgan fingerprint density at radius 1 is 1.36 bits per heavy atom. The van der Waals surface area contributed by atoms with Crippen molar-refractivity contribution in [3.8, 4) is 0 Å². The highest BCUT2D eigenvalue weighted by Crippen LogP contribution is 2.35. The predicted octanol–water partition coefficient (Wildman–Crippen LogP) is 3.08. The third-order valence-electron chi connectivity index (χ3n) is 5.30. The fourth-order valence-corrected chi connectivity index (χ4v) is 3.76. The number of aliphatic hydroxyl groups excluding tert-OH is 1. The van der Waals surface area contributed by atoms with E-state index in [1.807, 2.05) is 13.0 Å². The number of esters is 1. The Balaban J connectivity index is 1.94. The van der Waals surface area contributed by atoms with Gasteiger partial charge >= 0.3 is 5.97 Å². The first-order chi connectivity index (χ1) is 10.5. The smallest absolute Gasteiger partial charge is 0.330 e. The second-order valence-corrected chi connectivity index (χ2v) is 6.91. The van der Waals surface area contributed by atoms with E-state index < -0.39 is 6.10 Å². The largest absolute Gasteiger partial charge is 0.458 e. The summed E-state index contributed by atoms with van der Waals surface area (Å²) in [7, 11) is 0. The Labute approximate surface area is 133 Å². The molecule has 7 atom stereocenters. The van der Waals surface area contributed by atoms with Crippen LogP contribution in [0.2, 0.25) is 0 Å². The molecule has 1 saturated heterocycles. The second kappa shape index (κ2) is 7.60. The number of rotatable bonds is 6. The van der Waals surface area contributed by atoms with Crippen molar-refractivity contribution < 1.29 is 19.4 Å². The Hall–Kier alpha value is -0.870. The number of hydrogen-bond donors (Lipinski definition) is 1. The van der Waals surface area contributed by atoms with Crippen LogP contribution in [0, 0.1) is 17.8 Å². The molecule has 22 heavy (non-hydrogen) atoms. The maximum absolute atomic E-state index is 11.5. The van der Waals surface area contributed by atoms with Gasteiger partial charge in [0, 0.05) is 24.3 Å². The number of aliphatic hydroxyl groups is 1. The van der Waals surface area contributed by atoms with E-state index in [0.29, 0.717) is 18.4 Å². The van der Waals surface area contributed by atoms with Gasteiger partial charge < -0.3 is 14.6 Å². The first kappa shape index (κ1) is 17.5. The van der Waals surface area contributed by atoms with Crippen LogP contribution in [-0.2, 0) is 14.3 Å². The van der Waals surface area contributed by atoms with E-state index in [1.165, 1.54) is 6.08 Å². The number of carbonyl (C=O) groups excluding carboxylic acids is 1. The average Bonchev–Trinajstić information content (AvgIpc) is 2.87. The summed E-state index contributed by atoms with van der Waals surface area (Å²) in [5.74, 6) is 0.412. The van der Waals surface area contributed by atoms with Crippen LogP contribution in [0.3, 0.4) is 0 Å². The minimum atomic E-state index is -0.513. The molecular formula is C18H30O4. The highest BCUT2D eigenvalue weighted by Gasteiger charge is 2.39. The molecular weight excluding hydrogens is 280 g/mol. The topological polar surface area (TPSA) is 55.8 Å². The molecule has 2 heterocycles. The lowest BCUT2D eigenvalue weighted by atomic mass is 9.84.